The molecule has 0 saturated heterocycles. The third kappa shape index (κ3) is 3.48. The van der Waals surface area contributed by atoms with E-state index in [-0.39, 0.29) is 0 Å². The second-order valence-electron chi connectivity index (χ2n) is 3.09. The standard InChI is InChI=1S/C12H12O2P2/c15-16(13-11-7-3-1-4-8-11)14-12-9-5-2-6-10-12/h1-10H,15H2. The third-order valence-electron chi connectivity index (χ3n) is 1.88. The molecule has 0 aliphatic carbocycles. The summed E-state index contributed by atoms with van der Waals surface area (Å²) in [5, 5.41) is 0. The second kappa shape index (κ2) is 5.84. The number of benzene rings is 2. The average molecular weight is 250 g/mol. The lowest BCUT2D eigenvalue weighted by molar-refractivity contribution is 0.509. The largest absolute Gasteiger partial charge is 0.436 e. The molecular weight excluding hydrogens is 238 g/mol. The average Bonchev–Trinajstić information content (AvgIpc) is 2.31. The van der Waals surface area contributed by atoms with Crippen LogP contribution in [0.3, 0.4) is 0 Å². The quantitative estimate of drug-likeness (QED) is 0.755. The van der Waals surface area contributed by atoms with Gasteiger partial charge in [0.05, 0.1) is 0 Å². The summed E-state index contributed by atoms with van der Waals surface area (Å²) < 4.78 is 11.2. The minimum absolute atomic E-state index is 0.819. The molecule has 2 aromatic rings. The highest BCUT2D eigenvalue weighted by Crippen LogP contribution is 2.46. The highest BCUT2D eigenvalue weighted by molar-refractivity contribution is 8.08. The maximum atomic E-state index is 5.62. The van der Waals surface area contributed by atoms with Gasteiger partial charge in [0.2, 0.25) is 0 Å². The van der Waals surface area contributed by atoms with Crippen LogP contribution in [-0.4, -0.2) is 0 Å². The summed E-state index contributed by atoms with van der Waals surface area (Å²) in [6.45, 7) is 0. The first kappa shape index (κ1) is 11.4. The fourth-order valence-electron chi connectivity index (χ4n) is 1.19. The predicted molar refractivity (Wildman–Crippen MR) is 70.8 cm³/mol. The van der Waals surface area contributed by atoms with Gasteiger partial charge in [-0.05, 0) is 33.2 Å². The number of para-hydroxylation sites is 2. The van der Waals surface area contributed by atoms with E-state index in [1.54, 1.807) is 0 Å². The smallest absolute Gasteiger partial charge is 0.307 e. The van der Waals surface area contributed by atoms with Crippen molar-refractivity contribution in [2.45, 2.75) is 0 Å². The molecule has 2 nitrogen and oxygen atoms in total. The van der Waals surface area contributed by atoms with Crippen LogP contribution in [-0.2, 0) is 0 Å². The summed E-state index contributed by atoms with van der Waals surface area (Å²) in [6.07, 6.45) is 0. The Morgan fingerprint density at radius 3 is 1.44 bits per heavy atom. The summed E-state index contributed by atoms with van der Waals surface area (Å²) in [6, 6.07) is 19.3. The second-order valence-corrected chi connectivity index (χ2v) is 5.29. The highest BCUT2D eigenvalue weighted by Gasteiger charge is 2.06. The van der Waals surface area contributed by atoms with Gasteiger partial charge in [-0.3, -0.25) is 0 Å². The van der Waals surface area contributed by atoms with Gasteiger partial charge in [-0.2, -0.15) is 0 Å². The first-order chi connectivity index (χ1) is 7.84. The van der Waals surface area contributed by atoms with Crippen LogP contribution in [0.15, 0.2) is 60.7 Å². The van der Waals surface area contributed by atoms with E-state index in [2.05, 4.69) is 8.93 Å². The van der Waals surface area contributed by atoms with E-state index in [9.17, 15) is 0 Å². The van der Waals surface area contributed by atoms with Crippen molar-refractivity contribution in [1.29, 1.82) is 0 Å². The van der Waals surface area contributed by atoms with Gasteiger partial charge in [0.15, 0.2) is 0 Å². The zero-order chi connectivity index (χ0) is 11.2. The number of hydrogen-bond donors (Lipinski definition) is 0. The zero-order valence-electron chi connectivity index (χ0n) is 8.61. The van der Waals surface area contributed by atoms with Crippen LogP contribution >= 0.6 is 17.0 Å². The Hall–Kier alpha value is -1.10. The van der Waals surface area contributed by atoms with Crippen molar-refractivity contribution in [3.05, 3.63) is 60.7 Å². The molecule has 1 atom stereocenters. The van der Waals surface area contributed by atoms with Gasteiger partial charge in [-0.1, -0.05) is 36.4 Å². The molecule has 2 rings (SSSR count). The molecule has 0 aliphatic rings. The van der Waals surface area contributed by atoms with Crippen LogP contribution in [0.1, 0.15) is 0 Å². The molecule has 0 saturated carbocycles. The Kier molecular flexibility index (Phi) is 4.16. The molecule has 16 heavy (non-hydrogen) atoms. The molecule has 0 N–H and O–H groups in total. The van der Waals surface area contributed by atoms with Crippen LogP contribution < -0.4 is 9.05 Å². The van der Waals surface area contributed by atoms with Gasteiger partial charge < -0.3 is 9.05 Å². The molecule has 0 aliphatic heterocycles. The summed E-state index contributed by atoms with van der Waals surface area (Å²) in [7, 11) is 1.56. The monoisotopic (exact) mass is 250 g/mol. The Labute approximate surface area is 98.6 Å². The van der Waals surface area contributed by atoms with Crippen LogP contribution in [0.25, 0.3) is 0 Å². The molecule has 1 unspecified atom stereocenters. The van der Waals surface area contributed by atoms with Gasteiger partial charge in [0.1, 0.15) is 11.5 Å². The van der Waals surface area contributed by atoms with Crippen LogP contribution in [0, 0.1) is 0 Å². The van der Waals surface area contributed by atoms with E-state index in [1.807, 2.05) is 60.7 Å². The molecule has 0 heterocycles. The summed E-state index contributed by atoms with van der Waals surface area (Å²) in [5.74, 6) is 1.64. The molecule has 0 bridgehead atoms. The minimum atomic E-state index is -1.02. The number of hydrogen-bond acceptors (Lipinski definition) is 2. The van der Waals surface area contributed by atoms with Crippen molar-refractivity contribution in [2.75, 3.05) is 0 Å². The fraction of sp³-hybridized carbons (Fsp3) is 0. The lowest BCUT2D eigenvalue weighted by Crippen LogP contribution is -1.89. The fourth-order valence-corrected chi connectivity index (χ4v) is 2.62. The zero-order valence-corrected chi connectivity index (χ0v) is 10.7. The first-order valence-corrected chi connectivity index (χ1v) is 7.65. The van der Waals surface area contributed by atoms with Crippen molar-refractivity contribution in [2.24, 2.45) is 0 Å². The molecule has 0 radical (unpaired) electrons. The maximum absolute atomic E-state index is 5.62. The summed E-state index contributed by atoms with van der Waals surface area (Å²) in [5.41, 5.74) is 0. The van der Waals surface area contributed by atoms with E-state index < -0.39 is 8.06 Å². The molecule has 0 spiro atoms. The topological polar surface area (TPSA) is 18.5 Å². The predicted octanol–water partition coefficient (Wildman–Crippen LogP) is 4.25. The maximum Gasteiger partial charge on any atom is 0.307 e. The van der Waals surface area contributed by atoms with E-state index in [0.717, 1.165) is 11.5 Å². The SMILES string of the molecule is PP(Oc1ccccc1)Oc1ccccc1. The molecule has 0 aromatic heterocycles. The summed E-state index contributed by atoms with van der Waals surface area (Å²) in [4.78, 5) is 0. The van der Waals surface area contributed by atoms with Crippen molar-refractivity contribution < 1.29 is 9.05 Å². The van der Waals surface area contributed by atoms with Gasteiger partial charge in [-0.25, -0.2) is 0 Å². The Balaban J connectivity index is 1.92. The molecule has 2 aromatic carbocycles. The minimum Gasteiger partial charge on any atom is -0.436 e. The van der Waals surface area contributed by atoms with E-state index in [1.165, 1.54) is 0 Å². The van der Waals surface area contributed by atoms with Gasteiger partial charge in [0.25, 0.3) is 0 Å². The molecule has 82 valence electrons. The van der Waals surface area contributed by atoms with Crippen molar-refractivity contribution >= 4 is 17.0 Å². The van der Waals surface area contributed by atoms with Gasteiger partial charge in [-0.15, -0.1) is 0 Å². The summed E-state index contributed by atoms with van der Waals surface area (Å²) >= 11 is 0. The van der Waals surface area contributed by atoms with Crippen LogP contribution in [0.4, 0.5) is 0 Å². The highest BCUT2D eigenvalue weighted by atomic mass is 32.0. The van der Waals surface area contributed by atoms with Gasteiger partial charge in [0, 0.05) is 0 Å². The van der Waals surface area contributed by atoms with Crippen molar-refractivity contribution in [3.8, 4) is 11.5 Å². The van der Waals surface area contributed by atoms with E-state index >= 15 is 0 Å². The lowest BCUT2D eigenvalue weighted by Gasteiger charge is -2.14. The van der Waals surface area contributed by atoms with Crippen molar-refractivity contribution in [3.63, 3.8) is 0 Å². The van der Waals surface area contributed by atoms with Gasteiger partial charge >= 0.3 is 8.06 Å². The van der Waals surface area contributed by atoms with Crippen LogP contribution in [0.2, 0.25) is 0 Å². The normalized spacial score (nSPS) is 10.1. The molecular formula is C12H12O2P2. The molecule has 4 heteroatoms. The third-order valence-corrected chi connectivity index (χ3v) is 3.29. The number of rotatable bonds is 4. The Bertz CT molecular complexity index is 378. The Morgan fingerprint density at radius 2 is 1.06 bits per heavy atom. The first-order valence-electron chi connectivity index (χ1n) is 4.85. The molecule has 0 fully saturated rings. The lowest BCUT2D eigenvalue weighted by atomic mass is 10.3. The molecule has 0 amide bonds. The van der Waals surface area contributed by atoms with E-state index in [0.29, 0.717) is 0 Å². The Morgan fingerprint density at radius 1 is 0.688 bits per heavy atom. The van der Waals surface area contributed by atoms with Crippen LogP contribution in [0.5, 0.6) is 11.5 Å². The van der Waals surface area contributed by atoms with E-state index in [4.69, 9.17) is 9.05 Å². The van der Waals surface area contributed by atoms with Crippen molar-refractivity contribution in [1.82, 2.24) is 0 Å².